The summed E-state index contributed by atoms with van der Waals surface area (Å²) >= 11 is 0. The number of ether oxygens (including phenoxy) is 1. The van der Waals surface area contributed by atoms with Crippen LogP contribution in [0.2, 0.25) is 0 Å². The van der Waals surface area contributed by atoms with Crippen LogP contribution in [-0.4, -0.2) is 18.8 Å². The predicted octanol–water partition coefficient (Wildman–Crippen LogP) is 3.19. The number of alkyl halides is 3. The molecule has 5 heteroatoms. The summed E-state index contributed by atoms with van der Waals surface area (Å²) in [5.41, 5.74) is 2.08. The van der Waals surface area contributed by atoms with Crippen LogP contribution in [0.15, 0.2) is 24.3 Å². The van der Waals surface area contributed by atoms with Crippen molar-refractivity contribution in [3.8, 4) is 0 Å². The third-order valence-corrected chi connectivity index (χ3v) is 3.00. The number of hydrogen-bond donors (Lipinski definition) is 1. The Morgan fingerprint density at radius 1 is 1.39 bits per heavy atom. The number of halogens is 3. The Bertz CT molecular complexity index is 405. The van der Waals surface area contributed by atoms with Crippen LogP contribution in [-0.2, 0) is 11.3 Å². The van der Waals surface area contributed by atoms with E-state index in [9.17, 15) is 13.2 Å². The van der Waals surface area contributed by atoms with Crippen molar-refractivity contribution >= 4 is 0 Å². The highest BCUT2D eigenvalue weighted by atomic mass is 19.4. The summed E-state index contributed by atoms with van der Waals surface area (Å²) in [6.45, 7) is 2.49. The van der Waals surface area contributed by atoms with Crippen LogP contribution in [0.4, 0.5) is 13.2 Å². The maximum atomic E-state index is 12.3. The second kappa shape index (κ2) is 5.28. The molecule has 0 fully saturated rings. The van der Waals surface area contributed by atoms with Gasteiger partial charge in [0, 0.05) is 6.04 Å². The summed E-state index contributed by atoms with van der Waals surface area (Å²) < 4.78 is 42.3. The van der Waals surface area contributed by atoms with Crippen molar-refractivity contribution in [2.45, 2.75) is 38.2 Å². The Kier molecular flexibility index (Phi) is 3.92. The maximum absolute atomic E-state index is 12.3. The quantitative estimate of drug-likeness (QED) is 0.900. The van der Waals surface area contributed by atoms with Gasteiger partial charge < -0.3 is 10.1 Å². The summed E-state index contributed by atoms with van der Waals surface area (Å²) in [5.74, 6) is 0. The lowest BCUT2D eigenvalue weighted by molar-refractivity contribution is -0.139. The molecule has 0 spiro atoms. The van der Waals surface area contributed by atoms with Gasteiger partial charge in [0.15, 0.2) is 0 Å². The fourth-order valence-electron chi connectivity index (χ4n) is 2.27. The van der Waals surface area contributed by atoms with Gasteiger partial charge in [0.2, 0.25) is 0 Å². The molecule has 18 heavy (non-hydrogen) atoms. The predicted molar refractivity (Wildman–Crippen MR) is 62.1 cm³/mol. The molecule has 0 saturated carbocycles. The summed E-state index contributed by atoms with van der Waals surface area (Å²) in [4.78, 5) is 0. The van der Waals surface area contributed by atoms with Crippen LogP contribution in [0.1, 0.15) is 30.5 Å². The minimum absolute atomic E-state index is 0.160. The third kappa shape index (κ3) is 3.46. The van der Waals surface area contributed by atoms with Crippen molar-refractivity contribution < 1.29 is 17.9 Å². The Morgan fingerprint density at radius 3 is 2.83 bits per heavy atom. The molecule has 100 valence electrons. The van der Waals surface area contributed by atoms with Crippen molar-refractivity contribution in [3.05, 3.63) is 35.4 Å². The third-order valence-electron chi connectivity index (χ3n) is 3.00. The van der Waals surface area contributed by atoms with Gasteiger partial charge in [-0.05, 0) is 18.1 Å². The molecule has 1 heterocycles. The van der Waals surface area contributed by atoms with Crippen LogP contribution < -0.4 is 5.32 Å². The average Bonchev–Trinajstić information content (AvgIpc) is 2.27. The maximum Gasteiger partial charge on any atom is 0.390 e. The fourth-order valence-corrected chi connectivity index (χ4v) is 2.27. The molecule has 0 aliphatic carbocycles. The van der Waals surface area contributed by atoms with Crippen molar-refractivity contribution in [1.82, 2.24) is 5.32 Å². The fraction of sp³-hybridized carbons (Fsp3) is 0.538. The van der Waals surface area contributed by atoms with Crippen molar-refractivity contribution in [1.29, 1.82) is 0 Å². The molecule has 1 aliphatic rings. The molecule has 2 atom stereocenters. The number of benzene rings is 1. The molecule has 0 bridgehead atoms. The number of nitrogens with one attached hydrogen (secondary N) is 1. The molecule has 2 unspecified atom stereocenters. The van der Waals surface area contributed by atoms with Crippen molar-refractivity contribution in [2.24, 2.45) is 0 Å². The zero-order chi connectivity index (χ0) is 13.2. The zero-order valence-corrected chi connectivity index (χ0v) is 10.1. The van der Waals surface area contributed by atoms with Gasteiger partial charge in [0.05, 0.1) is 25.7 Å². The monoisotopic (exact) mass is 259 g/mol. The second-order valence-electron chi connectivity index (χ2n) is 4.65. The van der Waals surface area contributed by atoms with Gasteiger partial charge in [-0.2, -0.15) is 13.2 Å². The highest BCUT2D eigenvalue weighted by molar-refractivity contribution is 5.31. The number of rotatable bonds is 3. The number of hydrogen-bond acceptors (Lipinski definition) is 2. The molecule has 0 aromatic heterocycles. The first-order valence-corrected chi connectivity index (χ1v) is 5.94. The lowest BCUT2D eigenvalue weighted by atomic mass is 9.98. The van der Waals surface area contributed by atoms with Gasteiger partial charge in [-0.15, -0.1) is 0 Å². The minimum Gasteiger partial charge on any atom is -0.375 e. The molecule has 0 saturated heterocycles. The summed E-state index contributed by atoms with van der Waals surface area (Å²) in [7, 11) is 0. The van der Waals surface area contributed by atoms with Crippen molar-refractivity contribution in [2.75, 3.05) is 6.61 Å². The average molecular weight is 259 g/mol. The van der Waals surface area contributed by atoms with Gasteiger partial charge in [-0.3, -0.25) is 0 Å². The first-order chi connectivity index (χ1) is 8.46. The molecular weight excluding hydrogens is 243 g/mol. The zero-order valence-electron chi connectivity index (χ0n) is 10.1. The molecule has 2 rings (SSSR count). The standard InChI is InChI=1S/C13H16F3NO/c1-9(6-13(14,15)16)17-12-8-18-7-10-4-2-3-5-11(10)12/h2-5,9,12,17H,6-8H2,1H3. The SMILES string of the molecule is CC(CC(F)(F)F)NC1COCc2ccccc21. The van der Waals surface area contributed by atoms with Crippen LogP contribution >= 0.6 is 0 Å². The minimum atomic E-state index is -4.14. The lowest BCUT2D eigenvalue weighted by Gasteiger charge is -2.29. The van der Waals surface area contributed by atoms with Crippen LogP contribution in [0.3, 0.4) is 0 Å². The number of fused-ring (bicyclic) bond motifs is 1. The first kappa shape index (κ1) is 13.4. The van der Waals surface area contributed by atoms with E-state index in [1.807, 2.05) is 24.3 Å². The topological polar surface area (TPSA) is 21.3 Å². The molecule has 0 amide bonds. The van der Waals surface area contributed by atoms with Crippen molar-refractivity contribution in [3.63, 3.8) is 0 Å². The Balaban J connectivity index is 2.03. The summed E-state index contributed by atoms with van der Waals surface area (Å²) in [6, 6.07) is 6.90. The molecule has 1 aromatic rings. The van der Waals surface area contributed by atoms with E-state index >= 15 is 0 Å². The molecule has 0 radical (unpaired) electrons. The van der Waals surface area contributed by atoms with Gasteiger partial charge in [-0.1, -0.05) is 24.3 Å². The Morgan fingerprint density at radius 2 is 2.11 bits per heavy atom. The smallest absolute Gasteiger partial charge is 0.375 e. The van der Waals surface area contributed by atoms with Crippen LogP contribution in [0.5, 0.6) is 0 Å². The van der Waals surface area contributed by atoms with E-state index < -0.39 is 18.6 Å². The van der Waals surface area contributed by atoms with E-state index in [2.05, 4.69) is 5.32 Å². The summed E-state index contributed by atoms with van der Waals surface area (Å²) in [6.07, 6.45) is -4.97. The molecule has 1 N–H and O–H groups in total. The molecular formula is C13H16F3NO. The second-order valence-corrected chi connectivity index (χ2v) is 4.65. The van der Waals surface area contributed by atoms with E-state index in [0.29, 0.717) is 13.2 Å². The lowest BCUT2D eigenvalue weighted by Crippen LogP contribution is -2.38. The van der Waals surface area contributed by atoms with Gasteiger partial charge in [-0.25, -0.2) is 0 Å². The Hall–Kier alpha value is -1.07. The highest BCUT2D eigenvalue weighted by Crippen LogP contribution is 2.27. The van der Waals surface area contributed by atoms with Gasteiger partial charge in [0.25, 0.3) is 0 Å². The summed E-state index contributed by atoms with van der Waals surface area (Å²) in [5, 5.41) is 2.99. The first-order valence-electron chi connectivity index (χ1n) is 5.94. The largest absolute Gasteiger partial charge is 0.390 e. The highest BCUT2D eigenvalue weighted by Gasteiger charge is 2.31. The Labute approximate surface area is 104 Å². The van der Waals surface area contributed by atoms with E-state index in [1.54, 1.807) is 6.92 Å². The van der Waals surface area contributed by atoms with Crippen LogP contribution in [0.25, 0.3) is 0 Å². The molecule has 1 aliphatic heterocycles. The van der Waals surface area contributed by atoms with E-state index in [0.717, 1.165) is 11.1 Å². The molecule has 2 nitrogen and oxygen atoms in total. The van der Waals surface area contributed by atoms with E-state index in [-0.39, 0.29) is 6.04 Å². The van der Waals surface area contributed by atoms with E-state index in [1.165, 1.54) is 0 Å². The van der Waals surface area contributed by atoms with Crippen LogP contribution in [0, 0.1) is 0 Å². The normalized spacial score (nSPS) is 21.4. The molecule has 1 aromatic carbocycles. The van der Waals surface area contributed by atoms with Gasteiger partial charge >= 0.3 is 6.18 Å². The van der Waals surface area contributed by atoms with E-state index in [4.69, 9.17) is 4.74 Å². The van der Waals surface area contributed by atoms with Gasteiger partial charge in [0.1, 0.15) is 0 Å².